The monoisotopic (exact) mass is 400 g/mol. The largest absolute Gasteiger partial charge is 0.376 e. The number of benzene rings is 1. The smallest absolute Gasteiger partial charge is 0.257 e. The van der Waals surface area contributed by atoms with Crippen molar-refractivity contribution < 1.29 is 19.1 Å². The maximum atomic E-state index is 13.6. The molecular weight excluding hydrogens is 368 g/mol. The van der Waals surface area contributed by atoms with Crippen molar-refractivity contribution in [1.29, 1.82) is 0 Å². The predicted molar refractivity (Wildman–Crippen MR) is 109 cm³/mol. The third-order valence-corrected chi connectivity index (χ3v) is 6.74. The SMILES string of the molecule is Cc1ccccc1C(=O)N1[C@@H](C(=O)NC[C@H]2CCCO2)COC12CCC(C)CC2. The fourth-order valence-electron chi connectivity index (χ4n) is 4.86. The molecule has 2 saturated heterocycles. The second-order valence-corrected chi connectivity index (χ2v) is 8.83. The van der Waals surface area contributed by atoms with Crippen LogP contribution < -0.4 is 5.32 Å². The van der Waals surface area contributed by atoms with Gasteiger partial charge in [-0.3, -0.25) is 14.5 Å². The quantitative estimate of drug-likeness (QED) is 0.844. The Bertz CT molecular complexity index is 751. The first-order valence-electron chi connectivity index (χ1n) is 10.9. The van der Waals surface area contributed by atoms with Crippen LogP contribution >= 0.6 is 0 Å². The molecule has 2 aliphatic heterocycles. The van der Waals surface area contributed by atoms with Crippen LogP contribution in [0.25, 0.3) is 0 Å². The van der Waals surface area contributed by atoms with Gasteiger partial charge in [0.1, 0.15) is 11.8 Å². The molecule has 29 heavy (non-hydrogen) atoms. The Hall–Kier alpha value is -1.92. The fourth-order valence-corrected chi connectivity index (χ4v) is 4.86. The molecule has 2 amide bonds. The van der Waals surface area contributed by atoms with Crippen LogP contribution in [0.4, 0.5) is 0 Å². The van der Waals surface area contributed by atoms with Crippen molar-refractivity contribution in [3.63, 3.8) is 0 Å². The van der Waals surface area contributed by atoms with Gasteiger partial charge < -0.3 is 14.8 Å². The van der Waals surface area contributed by atoms with Crippen molar-refractivity contribution in [3.8, 4) is 0 Å². The lowest BCUT2D eigenvalue weighted by Gasteiger charge is -2.43. The van der Waals surface area contributed by atoms with Crippen LogP contribution in [0.3, 0.4) is 0 Å². The number of ether oxygens (including phenoxy) is 2. The molecule has 4 rings (SSSR count). The van der Waals surface area contributed by atoms with Gasteiger partial charge in [-0.1, -0.05) is 25.1 Å². The van der Waals surface area contributed by atoms with Gasteiger partial charge in [-0.25, -0.2) is 0 Å². The number of carbonyl (C=O) groups is 2. The highest BCUT2D eigenvalue weighted by Gasteiger charge is 2.53. The molecule has 158 valence electrons. The first kappa shape index (κ1) is 20.4. The third kappa shape index (κ3) is 4.05. The maximum absolute atomic E-state index is 13.6. The minimum Gasteiger partial charge on any atom is -0.376 e. The van der Waals surface area contributed by atoms with Crippen molar-refractivity contribution in [1.82, 2.24) is 10.2 Å². The van der Waals surface area contributed by atoms with Gasteiger partial charge >= 0.3 is 0 Å². The van der Waals surface area contributed by atoms with Crippen LogP contribution in [-0.4, -0.2) is 54.3 Å². The van der Waals surface area contributed by atoms with E-state index in [2.05, 4.69) is 12.2 Å². The normalized spacial score (nSPS) is 31.9. The van der Waals surface area contributed by atoms with Gasteiger partial charge in [-0.05, 0) is 63.0 Å². The summed E-state index contributed by atoms with van der Waals surface area (Å²) < 4.78 is 11.9. The summed E-state index contributed by atoms with van der Waals surface area (Å²) in [6, 6.07) is 6.98. The lowest BCUT2D eigenvalue weighted by molar-refractivity contribution is -0.128. The molecule has 0 bridgehead atoms. The molecule has 2 atom stereocenters. The van der Waals surface area contributed by atoms with Crippen LogP contribution in [0, 0.1) is 12.8 Å². The minimum atomic E-state index is -0.669. The van der Waals surface area contributed by atoms with Gasteiger partial charge in [0.2, 0.25) is 5.91 Å². The lowest BCUT2D eigenvalue weighted by atomic mass is 9.83. The van der Waals surface area contributed by atoms with Crippen molar-refractivity contribution >= 4 is 11.8 Å². The summed E-state index contributed by atoms with van der Waals surface area (Å²) in [7, 11) is 0. The lowest BCUT2D eigenvalue weighted by Crippen LogP contribution is -2.57. The number of carbonyl (C=O) groups excluding carboxylic acids is 2. The summed E-state index contributed by atoms with van der Waals surface area (Å²) in [5, 5.41) is 3.01. The highest BCUT2D eigenvalue weighted by Crippen LogP contribution is 2.43. The fraction of sp³-hybridized carbons (Fsp3) is 0.652. The molecule has 1 aliphatic carbocycles. The van der Waals surface area contributed by atoms with Crippen molar-refractivity contribution in [2.75, 3.05) is 19.8 Å². The van der Waals surface area contributed by atoms with Crippen LogP contribution in [-0.2, 0) is 14.3 Å². The molecule has 3 aliphatic rings. The molecule has 1 spiro atoms. The number of rotatable bonds is 4. The Morgan fingerprint density at radius 3 is 2.66 bits per heavy atom. The standard InChI is InChI=1S/C23H32N2O4/c1-16-9-11-23(12-10-16)25(22(27)19-8-4-3-6-17(19)2)20(15-29-23)21(26)24-14-18-7-5-13-28-18/h3-4,6,8,16,18,20H,5,7,9-15H2,1-2H3,(H,24,26)/t16?,18-,20-,23?/m1/s1. The number of nitrogens with one attached hydrogen (secondary N) is 1. The Labute approximate surface area is 172 Å². The second kappa shape index (κ2) is 8.44. The highest BCUT2D eigenvalue weighted by atomic mass is 16.5. The van der Waals surface area contributed by atoms with E-state index in [0.29, 0.717) is 18.0 Å². The topological polar surface area (TPSA) is 67.9 Å². The van der Waals surface area contributed by atoms with E-state index in [-0.39, 0.29) is 24.5 Å². The van der Waals surface area contributed by atoms with Gasteiger partial charge in [-0.15, -0.1) is 0 Å². The Kier molecular flexibility index (Phi) is 5.93. The molecular formula is C23H32N2O4. The molecule has 6 heteroatoms. The Balaban J connectivity index is 1.57. The second-order valence-electron chi connectivity index (χ2n) is 8.83. The summed E-state index contributed by atoms with van der Waals surface area (Å²) in [6.45, 7) is 5.68. The van der Waals surface area contributed by atoms with E-state index in [1.165, 1.54) is 0 Å². The van der Waals surface area contributed by atoms with E-state index in [1.807, 2.05) is 31.2 Å². The third-order valence-electron chi connectivity index (χ3n) is 6.74. The highest BCUT2D eigenvalue weighted by molar-refractivity contribution is 5.99. The van der Waals surface area contributed by atoms with E-state index in [9.17, 15) is 9.59 Å². The minimum absolute atomic E-state index is 0.0753. The molecule has 1 saturated carbocycles. The first-order chi connectivity index (χ1) is 14.0. The number of hydrogen-bond acceptors (Lipinski definition) is 4. The van der Waals surface area contributed by atoms with Gasteiger partial charge in [0.05, 0.1) is 12.7 Å². The molecule has 3 fully saturated rings. The van der Waals surface area contributed by atoms with E-state index >= 15 is 0 Å². The molecule has 0 radical (unpaired) electrons. The average molecular weight is 401 g/mol. The van der Waals surface area contributed by atoms with Gasteiger partial charge in [-0.2, -0.15) is 0 Å². The average Bonchev–Trinajstić information content (AvgIpc) is 3.37. The van der Waals surface area contributed by atoms with Crippen LogP contribution in [0.1, 0.15) is 61.4 Å². The van der Waals surface area contributed by atoms with E-state index < -0.39 is 11.8 Å². The van der Waals surface area contributed by atoms with Gasteiger partial charge in [0.25, 0.3) is 5.91 Å². The Morgan fingerprint density at radius 2 is 1.97 bits per heavy atom. The number of nitrogens with zero attached hydrogens (tertiary/aromatic N) is 1. The summed E-state index contributed by atoms with van der Waals surface area (Å²) in [5.74, 6) is 0.373. The first-order valence-corrected chi connectivity index (χ1v) is 10.9. The molecule has 6 nitrogen and oxygen atoms in total. The number of aryl methyl sites for hydroxylation is 1. The maximum Gasteiger partial charge on any atom is 0.257 e. The predicted octanol–water partition coefficient (Wildman–Crippen LogP) is 3.04. The number of amides is 2. The van der Waals surface area contributed by atoms with Gasteiger partial charge in [0.15, 0.2) is 0 Å². The zero-order chi connectivity index (χ0) is 20.4. The van der Waals surface area contributed by atoms with Crippen molar-refractivity contribution in [3.05, 3.63) is 35.4 Å². The molecule has 1 N–H and O–H groups in total. The Morgan fingerprint density at radius 1 is 1.21 bits per heavy atom. The summed E-state index contributed by atoms with van der Waals surface area (Å²) >= 11 is 0. The van der Waals surface area contributed by atoms with Gasteiger partial charge in [0, 0.05) is 18.7 Å². The van der Waals surface area contributed by atoms with Crippen LogP contribution in [0.5, 0.6) is 0 Å². The summed E-state index contributed by atoms with van der Waals surface area (Å²) in [4.78, 5) is 28.5. The molecule has 1 aromatic carbocycles. The summed E-state index contributed by atoms with van der Waals surface area (Å²) in [5.41, 5.74) is 0.896. The number of hydrogen-bond donors (Lipinski definition) is 1. The molecule has 2 heterocycles. The molecule has 1 aromatic rings. The zero-order valence-corrected chi connectivity index (χ0v) is 17.5. The van der Waals surface area contributed by atoms with Crippen molar-refractivity contribution in [2.24, 2.45) is 5.92 Å². The zero-order valence-electron chi connectivity index (χ0n) is 17.5. The summed E-state index contributed by atoms with van der Waals surface area (Å²) in [6.07, 6.45) is 5.64. The van der Waals surface area contributed by atoms with E-state index in [4.69, 9.17) is 9.47 Å². The molecule has 0 unspecified atom stereocenters. The van der Waals surface area contributed by atoms with Crippen molar-refractivity contribution in [2.45, 2.75) is 70.2 Å². The molecule has 0 aromatic heterocycles. The van der Waals surface area contributed by atoms with Crippen LogP contribution in [0.2, 0.25) is 0 Å². The van der Waals surface area contributed by atoms with Crippen LogP contribution in [0.15, 0.2) is 24.3 Å². The van der Waals surface area contributed by atoms with E-state index in [1.54, 1.807) is 4.90 Å². The van der Waals surface area contributed by atoms with E-state index in [0.717, 1.165) is 50.7 Å².